The van der Waals surface area contributed by atoms with Crippen LogP contribution in [0.3, 0.4) is 0 Å². The summed E-state index contributed by atoms with van der Waals surface area (Å²) >= 11 is 11.8. The monoisotopic (exact) mass is 350 g/mol. The lowest BCUT2D eigenvalue weighted by atomic mass is 10.1. The number of rotatable bonds is 7. The van der Waals surface area contributed by atoms with E-state index in [1.54, 1.807) is 0 Å². The third-order valence-corrected chi connectivity index (χ3v) is 4.05. The van der Waals surface area contributed by atoms with Gasteiger partial charge in [-0.05, 0) is 48.7 Å². The molecule has 0 saturated carbocycles. The molecule has 23 heavy (non-hydrogen) atoms. The van der Waals surface area contributed by atoms with Gasteiger partial charge in [-0.1, -0.05) is 47.5 Å². The van der Waals surface area contributed by atoms with E-state index in [0.29, 0.717) is 16.6 Å². The van der Waals surface area contributed by atoms with Crippen molar-refractivity contribution in [2.45, 2.75) is 19.4 Å². The maximum atomic E-state index is 11.9. The van der Waals surface area contributed by atoms with Crippen molar-refractivity contribution in [3.05, 3.63) is 69.7 Å². The highest BCUT2D eigenvalue weighted by molar-refractivity contribution is 6.30. The number of nitrogens with one attached hydrogen (secondary N) is 2. The average molecular weight is 351 g/mol. The van der Waals surface area contributed by atoms with Crippen LogP contribution >= 0.6 is 23.2 Å². The number of hydrogen-bond donors (Lipinski definition) is 2. The molecule has 2 aromatic rings. The Hall–Kier alpha value is -1.55. The zero-order chi connectivity index (χ0) is 16.7. The minimum atomic E-state index is -0.0205. The van der Waals surface area contributed by atoms with Gasteiger partial charge >= 0.3 is 0 Å². The molecule has 0 aliphatic heterocycles. The summed E-state index contributed by atoms with van der Waals surface area (Å²) in [6, 6.07) is 15.4. The van der Waals surface area contributed by atoms with Crippen LogP contribution in [-0.4, -0.2) is 19.0 Å². The van der Waals surface area contributed by atoms with Crippen molar-refractivity contribution in [2.75, 3.05) is 13.1 Å². The second-order valence-electron chi connectivity index (χ2n) is 5.38. The SMILES string of the molecule is C[C@@H](NCC(=O)NCCc1cccc(Cl)c1)c1ccc(Cl)cc1. The van der Waals surface area contributed by atoms with Crippen LogP contribution in [0.2, 0.25) is 10.0 Å². The molecule has 0 spiro atoms. The van der Waals surface area contributed by atoms with Crippen LogP contribution in [0.4, 0.5) is 0 Å². The van der Waals surface area contributed by atoms with E-state index in [4.69, 9.17) is 23.2 Å². The summed E-state index contributed by atoms with van der Waals surface area (Å²) in [5.74, 6) is -0.0205. The molecular formula is C18H20Cl2N2O. The summed E-state index contributed by atoms with van der Waals surface area (Å²) in [6.45, 7) is 2.89. The molecule has 0 unspecified atom stereocenters. The number of hydrogen-bond acceptors (Lipinski definition) is 2. The normalized spacial score (nSPS) is 12.0. The molecule has 5 heteroatoms. The summed E-state index contributed by atoms with van der Waals surface area (Å²) in [7, 11) is 0. The lowest BCUT2D eigenvalue weighted by Crippen LogP contribution is -2.36. The Bertz CT molecular complexity index is 644. The van der Waals surface area contributed by atoms with E-state index in [2.05, 4.69) is 10.6 Å². The van der Waals surface area contributed by atoms with Crippen molar-refractivity contribution < 1.29 is 4.79 Å². The van der Waals surface area contributed by atoms with E-state index in [0.717, 1.165) is 17.5 Å². The van der Waals surface area contributed by atoms with E-state index < -0.39 is 0 Å². The Labute approximate surface area is 147 Å². The van der Waals surface area contributed by atoms with Crippen LogP contribution in [0.15, 0.2) is 48.5 Å². The topological polar surface area (TPSA) is 41.1 Å². The fourth-order valence-electron chi connectivity index (χ4n) is 2.22. The highest BCUT2D eigenvalue weighted by atomic mass is 35.5. The van der Waals surface area contributed by atoms with Crippen molar-refractivity contribution in [1.29, 1.82) is 0 Å². The second-order valence-corrected chi connectivity index (χ2v) is 6.26. The summed E-state index contributed by atoms with van der Waals surface area (Å²) in [4.78, 5) is 11.9. The zero-order valence-electron chi connectivity index (χ0n) is 13.0. The van der Waals surface area contributed by atoms with Crippen molar-refractivity contribution in [2.24, 2.45) is 0 Å². The molecule has 0 bridgehead atoms. The number of carbonyl (C=O) groups excluding carboxylic acids is 1. The molecule has 3 nitrogen and oxygen atoms in total. The van der Waals surface area contributed by atoms with Crippen molar-refractivity contribution in [3.63, 3.8) is 0 Å². The van der Waals surface area contributed by atoms with Gasteiger partial charge in [-0.25, -0.2) is 0 Å². The van der Waals surface area contributed by atoms with E-state index in [9.17, 15) is 4.79 Å². The van der Waals surface area contributed by atoms with Gasteiger partial charge in [0, 0.05) is 22.6 Å². The second kappa shape index (κ2) is 8.92. The molecule has 0 aliphatic carbocycles. The van der Waals surface area contributed by atoms with Crippen molar-refractivity contribution in [3.8, 4) is 0 Å². The Morgan fingerprint density at radius 1 is 1.09 bits per heavy atom. The van der Waals surface area contributed by atoms with Gasteiger partial charge in [-0.15, -0.1) is 0 Å². The van der Waals surface area contributed by atoms with Gasteiger partial charge in [0.05, 0.1) is 6.54 Å². The molecule has 0 heterocycles. The predicted octanol–water partition coefficient (Wildman–Crippen LogP) is 4.00. The maximum Gasteiger partial charge on any atom is 0.233 e. The molecule has 1 atom stereocenters. The molecule has 2 N–H and O–H groups in total. The molecule has 122 valence electrons. The molecular weight excluding hydrogens is 331 g/mol. The summed E-state index contributed by atoms with van der Waals surface area (Å²) in [6.07, 6.45) is 0.763. The van der Waals surface area contributed by atoms with E-state index in [-0.39, 0.29) is 18.5 Å². The van der Waals surface area contributed by atoms with Gasteiger partial charge in [0.1, 0.15) is 0 Å². The first-order valence-electron chi connectivity index (χ1n) is 7.54. The molecule has 0 radical (unpaired) electrons. The minimum Gasteiger partial charge on any atom is -0.355 e. The lowest BCUT2D eigenvalue weighted by Gasteiger charge is -2.14. The van der Waals surface area contributed by atoms with E-state index in [1.807, 2.05) is 55.5 Å². The van der Waals surface area contributed by atoms with Crippen LogP contribution in [-0.2, 0) is 11.2 Å². The van der Waals surface area contributed by atoms with Gasteiger partial charge < -0.3 is 10.6 Å². The number of amides is 1. The quantitative estimate of drug-likeness (QED) is 0.792. The maximum absolute atomic E-state index is 11.9. The fourth-order valence-corrected chi connectivity index (χ4v) is 2.56. The first-order valence-corrected chi connectivity index (χ1v) is 8.30. The van der Waals surface area contributed by atoms with Crippen LogP contribution in [0.5, 0.6) is 0 Å². The summed E-state index contributed by atoms with van der Waals surface area (Å²) < 4.78 is 0. The minimum absolute atomic E-state index is 0.0205. The zero-order valence-corrected chi connectivity index (χ0v) is 14.5. The van der Waals surface area contributed by atoms with Crippen molar-refractivity contribution in [1.82, 2.24) is 10.6 Å². The van der Waals surface area contributed by atoms with Crippen LogP contribution < -0.4 is 10.6 Å². The van der Waals surface area contributed by atoms with Crippen LogP contribution in [0, 0.1) is 0 Å². The fraction of sp³-hybridized carbons (Fsp3) is 0.278. The molecule has 0 fully saturated rings. The smallest absolute Gasteiger partial charge is 0.233 e. The average Bonchev–Trinajstić information content (AvgIpc) is 2.53. The Kier molecular flexibility index (Phi) is 6.90. The molecule has 2 rings (SSSR count). The van der Waals surface area contributed by atoms with Crippen LogP contribution in [0.25, 0.3) is 0 Å². The molecule has 2 aromatic carbocycles. The summed E-state index contributed by atoms with van der Waals surface area (Å²) in [5, 5.41) is 7.52. The largest absolute Gasteiger partial charge is 0.355 e. The highest BCUT2D eigenvalue weighted by Crippen LogP contribution is 2.15. The predicted molar refractivity (Wildman–Crippen MR) is 96.0 cm³/mol. The molecule has 0 saturated heterocycles. The van der Waals surface area contributed by atoms with Gasteiger partial charge in [-0.3, -0.25) is 4.79 Å². The third kappa shape index (κ3) is 6.22. The molecule has 1 amide bonds. The van der Waals surface area contributed by atoms with Crippen molar-refractivity contribution >= 4 is 29.1 Å². The first-order chi connectivity index (χ1) is 11.0. The number of halogens is 2. The van der Waals surface area contributed by atoms with Gasteiger partial charge in [0.2, 0.25) is 5.91 Å². The van der Waals surface area contributed by atoms with E-state index in [1.165, 1.54) is 0 Å². The standard InChI is InChI=1S/C18H20Cl2N2O/c1-13(15-5-7-16(19)8-6-15)22-12-18(23)21-10-9-14-3-2-4-17(20)11-14/h2-8,11,13,22H,9-10,12H2,1H3,(H,21,23)/t13-/m1/s1. The van der Waals surface area contributed by atoms with E-state index >= 15 is 0 Å². The Balaban J connectivity index is 1.69. The first kappa shape index (κ1) is 17.8. The third-order valence-electron chi connectivity index (χ3n) is 3.56. The number of benzene rings is 2. The molecule has 0 aliphatic rings. The molecule has 0 aromatic heterocycles. The van der Waals surface area contributed by atoms with Gasteiger partial charge in [0.25, 0.3) is 0 Å². The Morgan fingerprint density at radius 2 is 1.83 bits per heavy atom. The Morgan fingerprint density at radius 3 is 2.52 bits per heavy atom. The number of carbonyl (C=O) groups is 1. The highest BCUT2D eigenvalue weighted by Gasteiger charge is 2.07. The van der Waals surface area contributed by atoms with Gasteiger partial charge in [0.15, 0.2) is 0 Å². The summed E-state index contributed by atoms with van der Waals surface area (Å²) in [5.41, 5.74) is 2.21. The van der Waals surface area contributed by atoms with Gasteiger partial charge in [-0.2, -0.15) is 0 Å². The lowest BCUT2D eigenvalue weighted by molar-refractivity contribution is -0.120. The van der Waals surface area contributed by atoms with Crippen LogP contribution in [0.1, 0.15) is 24.1 Å².